The van der Waals surface area contributed by atoms with Crippen molar-refractivity contribution in [1.29, 1.82) is 0 Å². The van der Waals surface area contributed by atoms with Gasteiger partial charge in [-0.1, -0.05) is 12.8 Å². The molecule has 3 aromatic rings. The van der Waals surface area contributed by atoms with Crippen LogP contribution in [0.2, 0.25) is 0 Å². The van der Waals surface area contributed by atoms with Crippen LogP contribution in [0.5, 0.6) is 11.5 Å². The molecule has 0 unspecified atom stereocenters. The molecule has 0 N–H and O–H groups in total. The fourth-order valence-corrected chi connectivity index (χ4v) is 5.76. The van der Waals surface area contributed by atoms with Crippen LogP contribution in [0.3, 0.4) is 0 Å². The van der Waals surface area contributed by atoms with Gasteiger partial charge < -0.3 is 23.8 Å². The summed E-state index contributed by atoms with van der Waals surface area (Å²) in [6, 6.07) is 11.8. The minimum Gasteiger partial charge on any atom is -0.494 e. The first-order chi connectivity index (χ1) is 17.7. The number of aromatic nitrogens is 1. The van der Waals surface area contributed by atoms with E-state index in [1.54, 1.807) is 0 Å². The second-order valence-electron chi connectivity index (χ2n) is 10.5. The Bertz CT molecular complexity index is 1120. The highest BCUT2D eigenvalue weighted by Gasteiger charge is 2.13. The lowest BCUT2D eigenvalue weighted by molar-refractivity contribution is 0.205. The van der Waals surface area contributed by atoms with Gasteiger partial charge in [-0.2, -0.15) is 0 Å². The Hall–Kier alpha value is -2.57. The smallest absolute Gasteiger partial charge is 0.197 e. The van der Waals surface area contributed by atoms with Crippen molar-refractivity contribution in [1.82, 2.24) is 14.4 Å². The Morgan fingerprint density at radius 3 is 1.56 bits per heavy atom. The van der Waals surface area contributed by atoms with Crippen molar-refractivity contribution >= 4 is 21.8 Å². The van der Waals surface area contributed by atoms with Crippen LogP contribution >= 0.6 is 0 Å². The van der Waals surface area contributed by atoms with Crippen LogP contribution in [0.4, 0.5) is 0 Å². The zero-order valence-corrected chi connectivity index (χ0v) is 21.8. The molecule has 0 bridgehead atoms. The van der Waals surface area contributed by atoms with Gasteiger partial charge in [-0.25, -0.2) is 0 Å². The number of piperidine rings is 2. The maximum atomic E-state index is 13.5. The van der Waals surface area contributed by atoms with Gasteiger partial charge in [0.15, 0.2) is 5.43 Å². The third-order valence-electron chi connectivity index (χ3n) is 7.82. The molecule has 1 aromatic heterocycles. The summed E-state index contributed by atoms with van der Waals surface area (Å²) in [5.74, 6) is 1.53. The number of nitrogens with zero attached hydrogens (tertiary/aromatic N) is 3. The zero-order valence-electron chi connectivity index (χ0n) is 21.8. The average Bonchev–Trinajstić information content (AvgIpc) is 2.93. The molecule has 2 fully saturated rings. The highest BCUT2D eigenvalue weighted by Crippen LogP contribution is 2.25. The summed E-state index contributed by atoms with van der Waals surface area (Å²) in [4.78, 5) is 18.5. The number of hydrogen-bond acceptors (Lipinski definition) is 5. The number of likely N-dealkylation sites (tertiary alicyclic amines) is 2. The third kappa shape index (κ3) is 6.04. The minimum absolute atomic E-state index is 0.0376. The molecular formula is C30H41N3O3. The van der Waals surface area contributed by atoms with Gasteiger partial charge in [0, 0.05) is 30.9 Å². The first-order valence-corrected chi connectivity index (χ1v) is 14.0. The molecule has 6 heteroatoms. The summed E-state index contributed by atoms with van der Waals surface area (Å²) in [7, 11) is 2.02. The van der Waals surface area contributed by atoms with Crippen molar-refractivity contribution in [2.45, 2.75) is 51.4 Å². The molecule has 6 nitrogen and oxygen atoms in total. The predicted molar refractivity (Wildman–Crippen MR) is 148 cm³/mol. The number of ether oxygens (including phenoxy) is 2. The molecule has 194 valence electrons. The van der Waals surface area contributed by atoms with Crippen LogP contribution < -0.4 is 14.9 Å². The summed E-state index contributed by atoms with van der Waals surface area (Å²) in [6.07, 6.45) is 9.99. The molecular weight excluding hydrogens is 450 g/mol. The highest BCUT2D eigenvalue weighted by molar-refractivity contribution is 5.94. The van der Waals surface area contributed by atoms with Crippen molar-refractivity contribution in [2.75, 3.05) is 52.5 Å². The van der Waals surface area contributed by atoms with Crippen LogP contribution in [0.15, 0.2) is 41.2 Å². The fourth-order valence-electron chi connectivity index (χ4n) is 5.76. The van der Waals surface area contributed by atoms with E-state index in [9.17, 15) is 4.79 Å². The fraction of sp³-hybridized carbons (Fsp3) is 0.567. The molecule has 2 aromatic carbocycles. The average molecular weight is 492 g/mol. The SMILES string of the molecule is Cn1c2ccc(OCCCN3CCCCC3)cc2c(=O)c2cc(OCCCN3CCCCC3)ccc21. The largest absolute Gasteiger partial charge is 0.494 e. The van der Waals surface area contributed by atoms with E-state index >= 15 is 0 Å². The summed E-state index contributed by atoms with van der Waals surface area (Å²) in [6.45, 7) is 8.36. The molecule has 0 amide bonds. The van der Waals surface area contributed by atoms with Crippen molar-refractivity contribution in [3.8, 4) is 11.5 Å². The summed E-state index contributed by atoms with van der Waals surface area (Å²) in [5, 5.41) is 1.39. The molecule has 3 heterocycles. The molecule has 0 radical (unpaired) electrons. The van der Waals surface area contributed by atoms with Gasteiger partial charge in [-0.05, 0) is 101 Å². The Kier molecular flexibility index (Phi) is 8.44. The molecule has 0 atom stereocenters. The quantitative estimate of drug-likeness (QED) is 0.288. The topological polar surface area (TPSA) is 46.9 Å². The molecule has 2 aliphatic heterocycles. The highest BCUT2D eigenvalue weighted by atomic mass is 16.5. The van der Waals surface area contributed by atoms with E-state index in [4.69, 9.17) is 9.47 Å². The number of rotatable bonds is 10. The number of fused-ring (bicyclic) bond motifs is 2. The van der Waals surface area contributed by atoms with Gasteiger partial charge in [-0.15, -0.1) is 0 Å². The first-order valence-electron chi connectivity index (χ1n) is 14.0. The Morgan fingerprint density at radius 1 is 0.667 bits per heavy atom. The first kappa shape index (κ1) is 25.1. The lowest BCUT2D eigenvalue weighted by atomic mass is 10.1. The predicted octanol–water partition coefficient (Wildman–Crippen LogP) is 5.20. The van der Waals surface area contributed by atoms with Crippen molar-refractivity contribution in [3.05, 3.63) is 46.6 Å². The third-order valence-corrected chi connectivity index (χ3v) is 7.82. The van der Waals surface area contributed by atoms with Crippen molar-refractivity contribution in [2.24, 2.45) is 7.05 Å². The van der Waals surface area contributed by atoms with Gasteiger partial charge in [0.25, 0.3) is 0 Å². The normalized spacial score (nSPS) is 17.6. The number of benzene rings is 2. The lowest BCUT2D eigenvalue weighted by Gasteiger charge is -2.26. The standard InChI is InChI=1S/C30H41N3O3/c1-31-28-12-10-24(35-20-8-18-32-14-4-2-5-15-32)22-26(28)30(34)27-23-25(11-13-29(27)31)36-21-9-19-33-16-6-3-7-17-33/h10-13,22-23H,2-9,14-21H2,1H3. The summed E-state index contributed by atoms with van der Waals surface area (Å²) < 4.78 is 14.2. The second kappa shape index (κ2) is 12.1. The second-order valence-corrected chi connectivity index (χ2v) is 10.5. The monoisotopic (exact) mass is 491 g/mol. The molecule has 5 rings (SSSR count). The van der Waals surface area contributed by atoms with Gasteiger partial charge in [0.05, 0.1) is 24.2 Å². The van der Waals surface area contributed by atoms with Gasteiger partial charge in [-0.3, -0.25) is 4.79 Å². The van der Waals surface area contributed by atoms with E-state index in [-0.39, 0.29) is 5.43 Å². The lowest BCUT2D eigenvalue weighted by Crippen LogP contribution is -2.31. The Balaban J connectivity index is 1.24. The van der Waals surface area contributed by atoms with Crippen molar-refractivity contribution < 1.29 is 9.47 Å². The zero-order chi connectivity index (χ0) is 24.7. The summed E-state index contributed by atoms with van der Waals surface area (Å²) >= 11 is 0. The number of hydrogen-bond donors (Lipinski definition) is 0. The van der Waals surface area contributed by atoms with Crippen LogP contribution in [0.1, 0.15) is 51.4 Å². The molecule has 2 aliphatic rings. The van der Waals surface area contributed by atoms with Crippen LogP contribution in [0.25, 0.3) is 21.8 Å². The molecule has 36 heavy (non-hydrogen) atoms. The summed E-state index contributed by atoms with van der Waals surface area (Å²) in [5.41, 5.74) is 1.88. The van der Waals surface area contributed by atoms with Gasteiger partial charge >= 0.3 is 0 Å². The van der Waals surface area contributed by atoms with E-state index in [0.29, 0.717) is 24.0 Å². The minimum atomic E-state index is 0.0376. The van der Waals surface area contributed by atoms with E-state index < -0.39 is 0 Å². The number of aryl methyl sites for hydroxylation is 1. The van der Waals surface area contributed by atoms with Gasteiger partial charge in [0.1, 0.15) is 11.5 Å². The Morgan fingerprint density at radius 2 is 1.11 bits per heavy atom. The van der Waals surface area contributed by atoms with E-state index in [2.05, 4.69) is 14.4 Å². The van der Waals surface area contributed by atoms with Crippen LogP contribution in [0, 0.1) is 0 Å². The molecule has 0 saturated carbocycles. The van der Waals surface area contributed by atoms with Crippen LogP contribution in [-0.2, 0) is 7.05 Å². The molecule has 2 saturated heterocycles. The van der Waals surface area contributed by atoms with E-state index in [0.717, 1.165) is 48.5 Å². The molecule has 0 spiro atoms. The Labute approximate surface area is 214 Å². The maximum absolute atomic E-state index is 13.5. The van der Waals surface area contributed by atoms with E-state index in [1.165, 1.54) is 64.7 Å². The van der Waals surface area contributed by atoms with Gasteiger partial charge in [0.2, 0.25) is 0 Å². The number of pyridine rings is 1. The van der Waals surface area contributed by atoms with E-state index in [1.807, 2.05) is 43.4 Å². The van der Waals surface area contributed by atoms with Crippen molar-refractivity contribution in [3.63, 3.8) is 0 Å². The van der Waals surface area contributed by atoms with Crippen LogP contribution in [-0.4, -0.2) is 66.8 Å². The maximum Gasteiger partial charge on any atom is 0.197 e. The molecule has 0 aliphatic carbocycles.